The summed E-state index contributed by atoms with van der Waals surface area (Å²) < 4.78 is 3.66. The topological polar surface area (TPSA) is 0 Å². The van der Waals surface area contributed by atoms with E-state index in [1.54, 1.807) is 11.1 Å². The van der Waals surface area contributed by atoms with Crippen molar-refractivity contribution in [3.05, 3.63) is 42.0 Å². The molecule has 0 aromatic rings. The van der Waals surface area contributed by atoms with Crippen molar-refractivity contribution in [3.8, 4) is 0 Å². The van der Waals surface area contributed by atoms with Gasteiger partial charge in [-0.2, -0.15) is 0 Å². The third-order valence-electron chi connectivity index (χ3n) is 3.80. The molecule has 0 fully saturated rings. The first kappa shape index (κ1) is 23.4. The fourth-order valence-electron chi connectivity index (χ4n) is 3.02. The van der Waals surface area contributed by atoms with Crippen molar-refractivity contribution in [2.45, 2.75) is 67.2 Å². The standard InChI is InChI=1S/2C10H15.2ClH.Zr/c2*1-10(2,3)8-9-6-4-5-7-9;;;/h2*4,6H,5,8H2,1-3H3;2*1H;/q;;;;+2/p-2. The summed E-state index contributed by atoms with van der Waals surface area (Å²) in [6, 6.07) is 0. The molecule has 0 radical (unpaired) electrons. The van der Waals surface area contributed by atoms with Crippen LogP contribution in [0, 0.1) is 10.8 Å². The van der Waals surface area contributed by atoms with Crippen LogP contribution in [0.3, 0.4) is 0 Å². The molecule has 0 nitrogen and oxygen atoms in total. The second-order valence-corrected chi connectivity index (χ2v) is 12.4. The quantitative estimate of drug-likeness (QED) is 0.603. The average Bonchev–Trinajstić information content (AvgIpc) is 2.86. The Morgan fingerprint density at radius 2 is 1.09 bits per heavy atom. The minimum Gasteiger partial charge on any atom is -1.00 e. The normalized spacial score (nSPS) is 17.3. The zero-order valence-corrected chi connectivity index (χ0v) is 19.4. The molecule has 23 heavy (non-hydrogen) atoms. The summed E-state index contributed by atoms with van der Waals surface area (Å²) in [6.45, 7) is 14.1. The van der Waals surface area contributed by atoms with Gasteiger partial charge in [-0.3, -0.25) is 0 Å². The van der Waals surface area contributed by atoms with Crippen LogP contribution in [-0.4, -0.2) is 0 Å². The van der Waals surface area contributed by atoms with Gasteiger partial charge >= 0.3 is 143 Å². The fourth-order valence-corrected chi connectivity index (χ4v) is 6.63. The molecular formula is C20H30Cl2Zr. The first-order valence-electron chi connectivity index (χ1n) is 8.18. The van der Waals surface area contributed by atoms with Crippen LogP contribution in [-0.2, 0) is 23.2 Å². The summed E-state index contributed by atoms with van der Waals surface area (Å²) in [5.41, 5.74) is 4.16. The van der Waals surface area contributed by atoms with Crippen LogP contribution in [0.2, 0.25) is 0 Å². The molecule has 128 valence electrons. The van der Waals surface area contributed by atoms with Gasteiger partial charge in [-0.15, -0.1) is 0 Å². The minimum atomic E-state index is -0.554. The van der Waals surface area contributed by atoms with Crippen LogP contribution in [0.25, 0.3) is 0 Å². The van der Waals surface area contributed by atoms with Gasteiger partial charge in [0.25, 0.3) is 0 Å². The SMILES string of the molecule is CC(C)(C)CC1=[C]([Zr+2][C]2=C(CC(C)(C)C)C=CC2)CC=C1.[Cl-].[Cl-]. The number of halogens is 2. The van der Waals surface area contributed by atoms with E-state index in [2.05, 4.69) is 65.8 Å². The molecule has 0 spiro atoms. The molecule has 0 atom stereocenters. The summed E-state index contributed by atoms with van der Waals surface area (Å²) in [5.74, 6) is 0. The second-order valence-electron chi connectivity index (χ2n) is 8.82. The van der Waals surface area contributed by atoms with Gasteiger partial charge in [0.1, 0.15) is 0 Å². The van der Waals surface area contributed by atoms with Gasteiger partial charge in [-0.05, 0) is 0 Å². The Morgan fingerprint density at radius 3 is 1.39 bits per heavy atom. The van der Waals surface area contributed by atoms with E-state index in [9.17, 15) is 0 Å². The Bertz CT molecular complexity index is 475. The van der Waals surface area contributed by atoms with Crippen LogP contribution in [0.4, 0.5) is 0 Å². The van der Waals surface area contributed by atoms with Crippen LogP contribution in [0.1, 0.15) is 67.2 Å². The molecule has 0 saturated carbocycles. The van der Waals surface area contributed by atoms with Crippen LogP contribution >= 0.6 is 0 Å². The van der Waals surface area contributed by atoms with Gasteiger partial charge in [0, 0.05) is 0 Å². The predicted molar refractivity (Wildman–Crippen MR) is 89.7 cm³/mol. The van der Waals surface area contributed by atoms with Gasteiger partial charge in [-0.25, -0.2) is 0 Å². The monoisotopic (exact) mass is 430 g/mol. The van der Waals surface area contributed by atoms with Crippen LogP contribution < -0.4 is 24.8 Å². The maximum atomic E-state index is 2.41. The van der Waals surface area contributed by atoms with Crippen molar-refractivity contribution in [3.63, 3.8) is 0 Å². The van der Waals surface area contributed by atoms with Gasteiger partial charge in [0.2, 0.25) is 0 Å². The van der Waals surface area contributed by atoms with Crippen molar-refractivity contribution < 1.29 is 48.0 Å². The van der Waals surface area contributed by atoms with Crippen molar-refractivity contribution in [1.82, 2.24) is 0 Å². The van der Waals surface area contributed by atoms with Gasteiger partial charge in [0.05, 0.1) is 0 Å². The van der Waals surface area contributed by atoms with E-state index < -0.39 is 23.2 Å². The van der Waals surface area contributed by atoms with Gasteiger partial charge in [0.15, 0.2) is 0 Å². The maximum Gasteiger partial charge on any atom is -1.00 e. The van der Waals surface area contributed by atoms with Gasteiger partial charge < -0.3 is 24.8 Å². The summed E-state index contributed by atoms with van der Waals surface area (Å²) in [6.07, 6.45) is 14.6. The van der Waals surface area contributed by atoms with E-state index in [1.807, 2.05) is 6.56 Å². The first-order chi connectivity index (χ1) is 9.64. The third kappa shape index (κ3) is 7.89. The number of allylic oxidation sites excluding steroid dienone is 8. The van der Waals surface area contributed by atoms with Crippen molar-refractivity contribution >= 4 is 0 Å². The van der Waals surface area contributed by atoms with E-state index in [1.165, 1.54) is 25.7 Å². The molecule has 0 heterocycles. The molecule has 0 saturated heterocycles. The molecule has 0 aliphatic heterocycles. The maximum absolute atomic E-state index is 2.41. The van der Waals surface area contributed by atoms with E-state index in [-0.39, 0.29) is 24.8 Å². The molecule has 0 amide bonds. The Balaban J connectivity index is 0.00000242. The third-order valence-corrected chi connectivity index (χ3v) is 7.87. The Hall–Kier alpha value is 0.423. The van der Waals surface area contributed by atoms with Crippen molar-refractivity contribution in [1.29, 1.82) is 0 Å². The number of hydrogen-bond donors (Lipinski definition) is 0. The fraction of sp³-hybridized carbons (Fsp3) is 0.600. The molecule has 3 heteroatoms. The van der Waals surface area contributed by atoms with Crippen LogP contribution in [0.15, 0.2) is 42.0 Å². The van der Waals surface area contributed by atoms with Crippen molar-refractivity contribution in [2.75, 3.05) is 0 Å². The Kier molecular flexibility index (Phi) is 9.38. The largest absolute Gasteiger partial charge is 1.00 e. The summed E-state index contributed by atoms with van der Waals surface area (Å²) >= 11 is -0.554. The predicted octanol–water partition coefficient (Wildman–Crippen LogP) is 0.377. The van der Waals surface area contributed by atoms with Crippen LogP contribution in [0.5, 0.6) is 0 Å². The molecule has 0 bridgehead atoms. The Morgan fingerprint density at radius 1 is 0.739 bits per heavy atom. The summed E-state index contributed by atoms with van der Waals surface area (Å²) in [5, 5.41) is 0. The molecule has 2 aliphatic carbocycles. The minimum absolute atomic E-state index is 0. The first-order valence-corrected chi connectivity index (χ1v) is 10.6. The van der Waals surface area contributed by atoms with E-state index in [0.29, 0.717) is 10.8 Å². The Labute approximate surface area is 167 Å². The van der Waals surface area contributed by atoms with E-state index >= 15 is 0 Å². The summed E-state index contributed by atoms with van der Waals surface area (Å²) in [7, 11) is 0. The van der Waals surface area contributed by atoms with E-state index in [4.69, 9.17) is 0 Å². The number of rotatable bonds is 4. The molecule has 0 aromatic carbocycles. The second kappa shape index (κ2) is 9.21. The zero-order chi connectivity index (χ0) is 15.7. The molecule has 2 aliphatic rings. The number of hydrogen-bond acceptors (Lipinski definition) is 0. The van der Waals surface area contributed by atoms with E-state index in [0.717, 1.165) is 0 Å². The van der Waals surface area contributed by atoms with Gasteiger partial charge in [-0.1, -0.05) is 0 Å². The molecule has 0 N–H and O–H groups in total. The molecule has 0 unspecified atom stereocenters. The van der Waals surface area contributed by atoms with Crippen molar-refractivity contribution in [2.24, 2.45) is 10.8 Å². The smallest absolute Gasteiger partial charge is 1.00 e. The molecule has 0 aromatic heterocycles. The zero-order valence-electron chi connectivity index (χ0n) is 15.4. The average molecular weight is 433 g/mol. The molecular weight excluding hydrogens is 402 g/mol. The molecule has 2 rings (SSSR count). The summed E-state index contributed by atoms with van der Waals surface area (Å²) in [4.78, 5) is 0.